The lowest BCUT2D eigenvalue weighted by Gasteiger charge is -2.24. The third-order valence-corrected chi connectivity index (χ3v) is 6.60. The Kier molecular flexibility index (Phi) is 7.09. The lowest BCUT2D eigenvalue weighted by Crippen LogP contribution is -2.21. The van der Waals surface area contributed by atoms with E-state index in [1.54, 1.807) is 13.3 Å². The smallest absolute Gasteiger partial charge is 0.247 e. The van der Waals surface area contributed by atoms with E-state index in [0.29, 0.717) is 34.8 Å². The Balaban J connectivity index is 1.46. The van der Waals surface area contributed by atoms with Crippen LogP contribution in [0.4, 0.5) is 23.0 Å². The Hall–Kier alpha value is -3.92. The van der Waals surface area contributed by atoms with E-state index in [4.69, 9.17) is 14.8 Å². The van der Waals surface area contributed by atoms with Gasteiger partial charge < -0.3 is 25.2 Å². The second kappa shape index (κ2) is 10.6. The third-order valence-electron chi connectivity index (χ3n) is 6.60. The van der Waals surface area contributed by atoms with Crippen molar-refractivity contribution in [1.29, 1.82) is 0 Å². The highest BCUT2D eigenvalue weighted by molar-refractivity contribution is 6.02. The number of nitrogens with zero attached hydrogens (tertiary/aromatic N) is 6. The van der Waals surface area contributed by atoms with Gasteiger partial charge >= 0.3 is 0 Å². The van der Waals surface area contributed by atoms with Crippen LogP contribution >= 0.6 is 0 Å². The predicted molar refractivity (Wildman–Crippen MR) is 145 cm³/mol. The van der Waals surface area contributed by atoms with Crippen LogP contribution in [-0.4, -0.2) is 64.9 Å². The fraction of sp³-hybridized carbons (Fsp3) is 0.407. The Morgan fingerprint density at radius 3 is 2.70 bits per heavy atom. The van der Waals surface area contributed by atoms with Crippen molar-refractivity contribution in [3.8, 4) is 11.6 Å². The number of aromatic nitrogens is 4. The zero-order valence-corrected chi connectivity index (χ0v) is 21.7. The summed E-state index contributed by atoms with van der Waals surface area (Å²) in [5.74, 6) is 1.99. The molecule has 0 radical (unpaired) electrons. The minimum Gasteiger partial charge on any atom is -0.494 e. The van der Waals surface area contributed by atoms with Crippen LogP contribution < -0.4 is 20.3 Å². The Morgan fingerprint density at radius 2 is 2.03 bits per heavy atom. The van der Waals surface area contributed by atoms with Gasteiger partial charge in [0.1, 0.15) is 5.75 Å². The summed E-state index contributed by atoms with van der Waals surface area (Å²) in [6.07, 6.45) is 9.64. The number of hydrogen-bond donors (Lipinski definition) is 2. The molecule has 37 heavy (non-hydrogen) atoms. The van der Waals surface area contributed by atoms with Gasteiger partial charge in [0.15, 0.2) is 5.82 Å². The highest BCUT2D eigenvalue weighted by atomic mass is 16.5. The fourth-order valence-electron chi connectivity index (χ4n) is 4.70. The molecular formula is C27H34N8O2. The van der Waals surface area contributed by atoms with Crippen molar-refractivity contribution >= 4 is 28.9 Å². The number of anilines is 4. The molecule has 1 amide bonds. The van der Waals surface area contributed by atoms with Crippen molar-refractivity contribution in [3.05, 3.63) is 54.5 Å². The molecule has 2 N–H and O–H groups in total. The molecule has 2 fully saturated rings. The van der Waals surface area contributed by atoms with Crippen LogP contribution in [0.25, 0.3) is 5.82 Å². The van der Waals surface area contributed by atoms with E-state index in [2.05, 4.69) is 52.3 Å². The summed E-state index contributed by atoms with van der Waals surface area (Å²) in [6, 6.07) is 5.65. The van der Waals surface area contributed by atoms with E-state index in [1.165, 1.54) is 24.5 Å². The number of nitrogens with one attached hydrogen (secondary N) is 2. The molecule has 1 aromatic carbocycles. The lowest BCUT2D eigenvalue weighted by atomic mass is 10.2. The van der Waals surface area contributed by atoms with Crippen LogP contribution in [0, 0.1) is 0 Å². The highest BCUT2D eigenvalue weighted by Crippen LogP contribution is 2.41. The first-order valence-electron chi connectivity index (χ1n) is 12.7. The SMILES string of the molecule is C=CC(=O)Nc1cc(Nc2nccc(-n3cc(CN(C)C)c(C4CC4)n3)n2)c(OC)cc1N1CCCC1. The number of hydrogen-bond acceptors (Lipinski definition) is 8. The molecule has 1 aliphatic carbocycles. The lowest BCUT2D eigenvalue weighted by molar-refractivity contribution is -0.111. The molecule has 10 heteroatoms. The van der Waals surface area contributed by atoms with Gasteiger partial charge in [0.2, 0.25) is 11.9 Å². The number of benzene rings is 1. The summed E-state index contributed by atoms with van der Waals surface area (Å²) in [4.78, 5) is 25.7. The van der Waals surface area contributed by atoms with Crippen molar-refractivity contribution in [2.45, 2.75) is 38.1 Å². The summed E-state index contributed by atoms with van der Waals surface area (Å²) in [5.41, 5.74) is 4.63. The van der Waals surface area contributed by atoms with E-state index in [9.17, 15) is 4.79 Å². The molecule has 1 saturated carbocycles. The summed E-state index contributed by atoms with van der Waals surface area (Å²) in [7, 11) is 5.76. The van der Waals surface area contributed by atoms with E-state index in [1.807, 2.05) is 22.9 Å². The first kappa shape index (κ1) is 24.8. The van der Waals surface area contributed by atoms with Crippen molar-refractivity contribution in [2.75, 3.05) is 49.8 Å². The molecule has 0 spiro atoms. The number of amides is 1. The van der Waals surface area contributed by atoms with Crippen LogP contribution in [0.5, 0.6) is 5.75 Å². The zero-order valence-electron chi connectivity index (χ0n) is 21.7. The minimum atomic E-state index is -0.270. The minimum absolute atomic E-state index is 0.270. The molecule has 2 aromatic heterocycles. The first-order chi connectivity index (χ1) is 17.9. The maximum Gasteiger partial charge on any atom is 0.247 e. The molecule has 3 aromatic rings. The van der Waals surface area contributed by atoms with Crippen molar-refractivity contribution < 1.29 is 9.53 Å². The number of methoxy groups -OCH3 is 1. The van der Waals surface area contributed by atoms with Crippen LogP contribution in [0.3, 0.4) is 0 Å². The third kappa shape index (κ3) is 5.59. The molecule has 2 aliphatic rings. The fourth-order valence-corrected chi connectivity index (χ4v) is 4.70. The summed E-state index contributed by atoms with van der Waals surface area (Å²) in [6.45, 7) is 6.29. The highest BCUT2D eigenvalue weighted by Gasteiger charge is 2.29. The summed E-state index contributed by atoms with van der Waals surface area (Å²) < 4.78 is 7.54. The molecule has 194 valence electrons. The van der Waals surface area contributed by atoms with Crippen molar-refractivity contribution in [2.24, 2.45) is 0 Å². The molecule has 5 rings (SSSR count). The maximum atomic E-state index is 12.2. The van der Waals surface area contributed by atoms with Gasteiger partial charge in [-0.15, -0.1) is 0 Å². The first-order valence-corrected chi connectivity index (χ1v) is 12.7. The second-order valence-electron chi connectivity index (χ2n) is 9.82. The molecule has 1 aliphatic heterocycles. The molecular weight excluding hydrogens is 468 g/mol. The van der Waals surface area contributed by atoms with Gasteiger partial charge in [-0.25, -0.2) is 9.67 Å². The summed E-state index contributed by atoms with van der Waals surface area (Å²) in [5, 5.41) is 11.1. The van der Waals surface area contributed by atoms with Gasteiger partial charge in [0.05, 0.1) is 29.9 Å². The van der Waals surface area contributed by atoms with Gasteiger partial charge in [-0.1, -0.05) is 6.58 Å². The van der Waals surface area contributed by atoms with Crippen molar-refractivity contribution in [3.63, 3.8) is 0 Å². The molecule has 0 bridgehead atoms. The Bertz CT molecular complexity index is 1290. The molecule has 1 saturated heterocycles. The molecule has 10 nitrogen and oxygen atoms in total. The predicted octanol–water partition coefficient (Wildman–Crippen LogP) is 4.08. The monoisotopic (exact) mass is 502 g/mol. The van der Waals surface area contributed by atoms with E-state index in [0.717, 1.165) is 43.9 Å². The average Bonchev–Trinajstić information content (AvgIpc) is 3.41. The zero-order chi connectivity index (χ0) is 25.9. The number of rotatable bonds is 10. The largest absolute Gasteiger partial charge is 0.494 e. The van der Waals surface area contributed by atoms with Crippen molar-refractivity contribution in [1.82, 2.24) is 24.6 Å². The Labute approximate surface area is 217 Å². The van der Waals surface area contributed by atoms with Crippen LogP contribution in [0.2, 0.25) is 0 Å². The standard InChI is InChI=1S/C27H34N8O2/c1-5-25(36)29-20-14-21(23(37-4)15-22(20)34-12-6-7-13-34)30-27-28-11-10-24(31-27)35-17-19(16-33(2)3)26(32-35)18-8-9-18/h5,10-11,14-15,17-18H,1,6-9,12-13,16H2,2-4H3,(H,29,36)(H,28,30,31). The van der Waals surface area contributed by atoms with Gasteiger partial charge in [-0.2, -0.15) is 10.1 Å². The maximum absolute atomic E-state index is 12.2. The molecule has 0 unspecified atom stereocenters. The van der Waals surface area contributed by atoms with E-state index < -0.39 is 0 Å². The van der Waals surface area contributed by atoms with Gasteiger partial charge in [0.25, 0.3) is 0 Å². The number of ether oxygens (including phenoxy) is 1. The topological polar surface area (TPSA) is 100 Å². The molecule has 3 heterocycles. The second-order valence-corrected chi connectivity index (χ2v) is 9.82. The average molecular weight is 503 g/mol. The van der Waals surface area contributed by atoms with E-state index >= 15 is 0 Å². The van der Waals surface area contributed by atoms with E-state index in [-0.39, 0.29) is 5.91 Å². The summed E-state index contributed by atoms with van der Waals surface area (Å²) >= 11 is 0. The quantitative estimate of drug-likeness (QED) is 0.400. The number of carbonyl (C=O) groups excluding carboxylic acids is 1. The van der Waals surface area contributed by atoms with Gasteiger partial charge in [0, 0.05) is 55.6 Å². The van der Waals surface area contributed by atoms with Crippen LogP contribution in [0.1, 0.15) is 42.9 Å². The van der Waals surface area contributed by atoms with Gasteiger partial charge in [-0.3, -0.25) is 4.79 Å². The van der Waals surface area contributed by atoms with Gasteiger partial charge in [-0.05, 0) is 51.9 Å². The molecule has 0 atom stereocenters. The number of carbonyl (C=O) groups is 1. The van der Waals surface area contributed by atoms with Crippen LogP contribution in [0.15, 0.2) is 43.2 Å². The van der Waals surface area contributed by atoms with Crippen LogP contribution in [-0.2, 0) is 11.3 Å². The normalized spacial score (nSPS) is 15.2. The Morgan fingerprint density at radius 1 is 1.24 bits per heavy atom.